The second-order valence-electron chi connectivity index (χ2n) is 5.71. The Kier molecular flexibility index (Phi) is 3.41. The molecule has 19 heavy (non-hydrogen) atoms. The van der Waals surface area contributed by atoms with Gasteiger partial charge in [0, 0.05) is 18.6 Å². The van der Waals surface area contributed by atoms with Crippen molar-refractivity contribution in [1.29, 1.82) is 0 Å². The van der Waals surface area contributed by atoms with Crippen LogP contribution in [0.15, 0.2) is 18.3 Å². The van der Waals surface area contributed by atoms with Gasteiger partial charge in [0.15, 0.2) is 0 Å². The van der Waals surface area contributed by atoms with Crippen LogP contribution >= 0.6 is 0 Å². The second kappa shape index (κ2) is 4.61. The molecule has 1 fully saturated rings. The molecule has 0 saturated carbocycles. The SMILES string of the molecule is CC(=O)Nc1ncccc1B1OC(C)(C)C(C)(C)O1. The molecule has 0 atom stereocenters. The number of aromatic nitrogens is 1. The number of carbonyl (C=O) groups is 1. The number of amides is 1. The third-order valence-electron chi connectivity index (χ3n) is 3.64. The van der Waals surface area contributed by atoms with Crippen LogP contribution < -0.4 is 10.8 Å². The fourth-order valence-corrected chi connectivity index (χ4v) is 1.85. The van der Waals surface area contributed by atoms with Crippen LogP contribution in [0.4, 0.5) is 5.82 Å². The lowest BCUT2D eigenvalue weighted by atomic mass is 9.79. The van der Waals surface area contributed by atoms with Crippen LogP contribution in [-0.4, -0.2) is 29.2 Å². The molecule has 1 saturated heterocycles. The zero-order valence-corrected chi connectivity index (χ0v) is 12.0. The highest BCUT2D eigenvalue weighted by molar-refractivity contribution is 6.63. The Balaban J connectivity index is 2.32. The van der Waals surface area contributed by atoms with Crippen molar-refractivity contribution in [2.45, 2.75) is 45.8 Å². The number of nitrogens with zero attached hydrogens (tertiary/aromatic N) is 1. The molecular weight excluding hydrogens is 243 g/mol. The number of anilines is 1. The maximum absolute atomic E-state index is 11.2. The summed E-state index contributed by atoms with van der Waals surface area (Å²) < 4.78 is 11.9. The zero-order chi connectivity index (χ0) is 14.3. The van der Waals surface area contributed by atoms with Crippen molar-refractivity contribution in [2.24, 2.45) is 0 Å². The van der Waals surface area contributed by atoms with Gasteiger partial charge in [-0.25, -0.2) is 4.98 Å². The predicted molar refractivity (Wildman–Crippen MR) is 74.3 cm³/mol. The average Bonchev–Trinajstić information content (AvgIpc) is 2.48. The van der Waals surface area contributed by atoms with Gasteiger partial charge in [-0.05, 0) is 33.8 Å². The van der Waals surface area contributed by atoms with E-state index in [1.807, 2.05) is 33.8 Å². The molecule has 2 heterocycles. The van der Waals surface area contributed by atoms with Gasteiger partial charge in [0.1, 0.15) is 5.82 Å². The van der Waals surface area contributed by atoms with E-state index in [-0.39, 0.29) is 5.91 Å². The number of nitrogens with one attached hydrogen (secondary N) is 1. The molecule has 1 aromatic rings. The smallest absolute Gasteiger partial charge is 0.399 e. The summed E-state index contributed by atoms with van der Waals surface area (Å²) in [5, 5.41) is 2.69. The topological polar surface area (TPSA) is 60.5 Å². The molecular formula is C13H19BN2O3. The summed E-state index contributed by atoms with van der Waals surface area (Å²) in [6.45, 7) is 9.40. The van der Waals surface area contributed by atoms with Gasteiger partial charge in [-0.2, -0.15) is 0 Å². The van der Waals surface area contributed by atoms with E-state index in [4.69, 9.17) is 9.31 Å². The minimum atomic E-state index is -0.527. The first-order valence-corrected chi connectivity index (χ1v) is 6.31. The molecule has 0 unspecified atom stereocenters. The lowest BCUT2D eigenvalue weighted by molar-refractivity contribution is -0.114. The summed E-state index contributed by atoms with van der Waals surface area (Å²) in [5.74, 6) is 0.310. The molecule has 6 heteroatoms. The highest BCUT2D eigenvalue weighted by atomic mass is 16.7. The molecule has 102 valence electrons. The Hall–Kier alpha value is -1.40. The number of carbonyl (C=O) groups excluding carboxylic acids is 1. The fourth-order valence-electron chi connectivity index (χ4n) is 1.85. The van der Waals surface area contributed by atoms with Crippen LogP contribution in [0.1, 0.15) is 34.6 Å². The standard InChI is InChI=1S/C13H19BN2O3/c1-9(17)16-11-10(7-6-8-15-11)14-18-12(2,3)13(4,5)19-14/h6-8H,1-5H3,(H,15,16,17). The Morgan fingerprint density at radius 3 is 2.37 bits per heavy atom. The summed E-state index contributed by atoms with van der Waals surface area (Å²) in [4.78, 5) is 15.4. The third kappa shape index (κ3) is 2.64. The molecule has 1 aliphatic heterocycles. The molecule has 0 radical (unpaired) electrons. The van der Waals surface area contributed by atoms with Gasteiger partial charge in [-0.15, -0.1) is 0 Å². The van der Waals surface area contributed by atoms with Crippen LogP contribution in [0.2, 0.25) is 0 Å². The molecule has 1 N–H and O–H groups in total. The Labute approximate surface area is 113 Å². The first-order chi connectivity index (χ1) is 8.73. The van der Waals surface area contributed by atoms with Gasteiger partial charge in [0.25, 0.3) is 0 Å². The first kappa shape index (κ1) is 14.0. The molecule has 0 spiro atoms. The number of hydrogen-bond donors (Lipinski definition) is 1. The minimum absolute atomic E-state index is 0.170. The quantitative estimate of drug-likeness (QED) is 0.817. The highest BCUT2D eigenvalue weighted by Crippen LogP contribution is 2.36. The second-order valence-corrected chi connectivity index (χ2v) is 5.71. The number of rotatable bonds is 2. The minimum Gasteiger partial charge on any atom is -0.399 e. The van der Waals surface area contributed by atoms with Gasteiger partial charge < -0.3 is 14.6 Å². The maximum atomic E-state index is 11.2. The summed E-state index contributed by atoms with van der Waals surface area (Å²) in [6, 6.07) is 3.64. The third-order valence-corrected chi connectivity index (χ3v) is 3.64. The maximum Gasteiger partial charge on any atom is 0.498 e. The van der Waals surface area contributed by atoms with Crippen molar-refractivity contribution in [3.8, 4) is 0 Å². The van der Waals surface area contributed by atoms with Crippen molar-refractivity contribution < 1.29 is 14.1 Å². The van der Waals surface area contributed by atoms with Gasteiger partial charge in [0.05, 0.1) is 11.2 Å². The number of pyridine rings is 1. The van der Waals surface area contributed by atoms with Crippen molar-refractivity contribution >= 4 is 24.3 Å². The van der Waals surface area contributed by atoms with Gasteiger partial charge in [-0.1, -0.05) is 6.07 Å². The van der Waals surface area contributed by atoms with Crippen LogP contribution in [0, 0.1) is 0 Å². The normalized spacial score (nSPS) is 20.4. The van der Waals surface area contributed by atoms with Crippen LogP contribution in [0.3, 0.4) is 0 Å². The average molecular weight is 262 g/mol. The van der Waals surface area contributed by atoms with Crippen LogP contribution in [-0.2, 0) is 14.1 Å². The summed E-state index contributed by atoms with van der Waals surface area (Å²) in [7, 11) is -0.527. The molecule has 0 aliphatic carbocycles. The van der Waals surface area contributed by atoms with E-state index in [1.54, 1.807) is 12.3 Å². The molecule has 0 bridgehead atoms. The summed E-state index contributed by atoms with van der Waals surface area (Å²) in [5.41, 5.74) is -0.0986. The van der Waals surface area contributed by atoms with Crippen molar-refractivity contribution in [3.05, 3.63) is 18.3 Å². The highest BCUT2D eigenvalue weighted by Gasteiger charge is 2.52. The largest absolute Gasteiger partial charge is 0.498 e. The van der Waals surface area contributed by atoms with Crippen LogP contribution in [0.25, 0.3) is 0 Å². The predicted octanol–water partition coefficient (Wildman–Crippen LogP) is 1.34. The molecule has 1 aromatic heterocycles. The Bertz CT molecular complexity index is 486. The van der Waals surface area contributed by atoms with Gasteiger partial charge in [0.2, 0.25) is 5.91 Å². The molecule has 1 aliphatic rings. The Morgan fingerprint density at radius 1 is 1.26 bits per heavy atom. The molecule has 0 aromatic carbocycles. The van der Waals surface area contributed by atoms with Crippen molar-refractivity contribution in [1.82, 2.24) is 4.98 Å². The van der Waals surface area contributed by atoms with E-state index in [0.29, 0.717) is 5.82 Å². The van der Waals surface area contributed by atoms with E-state index in [9.17, 15) is 4.79 Å². The Morgan fingerprint density at radius 2 is 1.84 bits per heavy atom. The van der Waals surface area contributed by atoms with E-state index in [1.165, 1.54) is 6.92 Å². The first-order valence-electron chi connectivity index (χ1n) is 6.31. The zero-order valence-electron chi connectivity index (χ0n) is 12.0. The fraction of sp³-hybridized carbons (Fsp3) is 0.538. The van der Waals surface area contributed by atoms with E-state index in [2.05, 4.69) is 10.3 Å². The van der Waals surface area contributed by atoms with E-state index >= 15 is 0 Å². The number of hydrogen-bond acceptors (Lipinski definition) is 4. The lowest BCUT2D eigenvalue weighted by Crippen LogP contribution is -2.41. The molecule has 2 rings (SSSR count). The van der Waals surface area contributed by atoms with E-state index in [0.717, 1.165) is 5.46 Å². The van der Waals surface area contributed by atoms with E-state index < -0.39 is 18.3 Å². The molecule has 1 amide bonds. The van der Waals surface area contributed by atoms with Gasteiger partial charge >= 0.3 is 7.12 Å². The lowest BCUT2D eigenvalue weighted by Gasteiger charge is -2.32. The van der Waals surface area contributed by atoms with Crippen LogP contribution in [0.5, 0.6) is 0 Å². The molecule has 5 nitrogen and oxygen atoms in total. The van der Waals surface area contributed by atoms with Crippen molar-refractivity contribution in [3.63, 3.8) is 0 Å². The monoisotopic (exact) mass is 262 g/mol. The summed E-state index contributed by atoms with van der Waals surface area (Å²) in [6.07, 6.45) is 1.63. The summed E-state index contributed by atoms with van der Waals surface area (Å²) >= 11 is 0. The van der Waals surface area contributed by atoms with Crippen molar-refractivity contribution in [2.75, 3.05) is 5.32 Å². The van der Waals surface area contributed by atoms with Gasteiger partial charge in [-0.3, -0.25) is 4.79 Å².